The number of aldehydes is 1. The molecule has 0 saturated carbocycles. The molecule has 5 nitrogen and oxygen atoms in total. The van der Waals surface area contributed by atoms with Crippen LogP contribution in [0.15, 0.2) is 42.5 Å². The quantitative estimate of drug-likeness (QED) is 0.503. The number of likely N-dealkylation sites (tertiary alicyclic amines) is 1. The van der Waals surface area contributed by atoms with Gasteiger partial charge in [-0.15, -0.1) is 0 Å². The van der Waals surface area contributed by atoms with Crippen LogP contribution in [0.1, 0.15) is 49.3 Å². The van der Waals surface area contributed by atoms with Gasteiger partial charge in [-0.25, -0.2) is 0 Å². The predicted octanol–water partition coefficient (Wildman–Crippen LogP) is 4.32. The van der Waals surface area contributed by atoms with Gasteiger partial charge in [-0.2, -0.15) is 0 Å². The van der Waals surface area contributed by atoms with E-state index in [0.717, 1.165) is 55.9 Å². The Hall–Kier alpha value is -2.53. The first-order chi connectivity index (χ1) is 13.8. The molecular formula is C23H27NO4. The summed E-state index contributed by atoms with van der Waals surface area (Å²) in [6, 6.07) is 14.7. The number of unbranched alkanes of at least 4 members (excludes halogenated alkanes) is 1. The minimum Gasteiger partial charge on any atom is -0.494 e. The zero-order valence-electron chi connectivity index (χ0n) is 16.3. The highest BCUT2D eigenvalue weighted by atomic mass is 16.7. The van der Waals surface area contributed by atoms with Crippen LogP contribution in [0.5, 0.6) is 17.2 Å². The van der Waals surface area contributed by atoms with E-state index in [1.165, 1.54) is 11.1 Å². The monoisotopic (exact) mass is 381 g/mol. The fourth-order valence-corrected chi connectivity index (χ4v) is 4.08. The molecule has 0 bridgehead atoms. The van der Waals surface area contributed by atoms with Crippen molar-refractivity contribution >= 4 is 6.29 Å². The Morgan fingerprint density at radius 1 is 1.11 bits per heavy atom. The summed E-state index contributed by atoms with van der Waals surface area (Å²) < 4.78 is 16.7. The van der Waals surface area contributed by atoms with Gasteiger partial charge < -0.3 is 19.0 Å². The highest BCUT2D eigenvalue weighted by Crippen LogP contribution is 2.43. The molecule has 0 aromatic heterocycles. The number of fused-ring (bicyclic) bond motifs is 1. The maximum atomic E-state index is 11.2. The average molecular weight is 381 g/mol. The lowest BCUT2D eigenvalue weighted by Gasteiger charge is -2.22. The van der Waals surface area contributed by atoms with Crippen LogP contribution in [0.3, 0.4) is 0 Å². The van der Waals surface area contributed by atoms with E-state index >= 15 is 0 Å². The second-order valence-corrected chi connectivity index (χ2v) is 7.45. The lowest BCUT2D eigenvalue weighted by Crippen LogP contribution is -2.25. The van der Waals surface area contributed by atoms with Gasteiger partial charge in [0.2, 0.25) is 6.79 Å². The van der Waals surface area contributed by atoms with Crippen LogP contribution in [0.2, 0.25) is 0 Å². The van der Waals surface area contributed by atoms with Crippen LogP contribution >= 0.6 is 0 Å². The zero-order chi connectivity index (χ0) is 19.3. The Labute approximate surface area is 166 Å². The molecule has 5 heteroatoms. The molecule has 2 heterocycles. The normalized spacial score (nSPS) is 21.0. The first kappa shape index (κ1) is 18.8. The number of carbonyl (C=O) groups excluding carboxylic acids is 1. The Morgan fingerprint density at radius 2 is 1.89 bits per heavy atom. The van der Waals surface area contributed by atoms with Crippen LogP contribution in [0.4, 0.5) is 0 Å². The molecule has 2 atom stereocenters. The van der Waals surface area contributed by atoms with Gasteiger partial charge in [0.15, 0.2) is 11.5 Å². The van der Waals surface area contributed by atoms with E-state index in [-0.39, 0.29) is 12.8 Å². The van der Waals surface area contributed by atoms with Crippen molar-refractivity contribution < 1.29 is 19.0 Å². The molecule has 0 radical (unpaired) electrons. The number of hydrogen-bond donors (Lipinski definition) is 0. The summed E-state index contributed by atoms with van der Waals surface area (Å²) in [4.78, 5) is 13.5. The van der Waals surface area contributed by atoms with Crippen molar-refractivity contribution in [2.75, 3.05) is 26.5 Å². The van der Waals surface area contributed by atoms with Crippen molar-refractivity contribution in [2.24, 2.45) is 0 Å². The first-order valence-corrected chi connectivity index (χ1v) is 10.1. The summed E-state index contributed by atoms with van der Waals surface area (Å²) >= 11 is 0. The number of benzene rings is 2. The molecule has 0 spiro atoms. The lowest BCUT2D eigenvalue weighted by molar-refractivity contribution is -0.109. The van der Waals surface area contributed by atoms with Gasteiger partial charge in [-0.05, 0) is 54.2 Å². The molecule has 2 aliphatic heterocycles. The fourth-order valence-electron chi connectivity index (χ4n) is 4.08. The van der Waals surface area contributed by atoms with E-state index in [0.29, 0.717) is 12.5 Å². The van der Waals surface area contributed by atoms with Crippen LogP contribution in [0, 0.1) is 0 Å². The first-order valence-electron chi connectivity index (χ1n) is 10.1. The second kappa shape index (κ2) is 8.65. The highest BCUT2D eigenvalue weighted by Gasteiger charge is 2.34. The average Bonchev–Trinajstić information content (AvgIpc) is 3.35. The number of rotatable bonds is 8. The Balaban J connectivity index is 1.49. The molecule has 2 aliphatic rings. The Bertz CT molecular complexity index is 805. The van der Waals surface area contributed by atoms with Crippen molar-refractivity contribution in [2.45, 2.75) is 38.1 Å². The molecule has 1 fully saturated rings. The third-order valence-electron chi connectivity index (χ3n) is 5.61. The van der Waals surface area contributed by atoms with E-state index in [9.17, 15) is 4.79 Å². The Kier molecular flexibility index (Phi) is 5.81. The largest absolute Gasteiger partial charge is 0.494 e. The zero-order valence-corrected chi connectivity index (χ0v) is 16.3. The van der Waals surface area contributed by atoms with E-state index in [4.69, 9.17) is 14.2 Å². The summed E-state index contributed by atoms with van der Waals surface area (Å²) in [5.41, 5.74) is 2.47. The molecule has 0 aliphatic carbocycles. The van der Waals surface area contributed by atoms with E-state index < -0.39 is 0 Å². The molecule has 148 valence electrons. The van der Waals surface area contributed by atoms with Crippen LogP contribution < -0.4 is 14.2 Å². The van der Waals surface area contributed by atoms with E-state index in [1.807, 2.05) is 18.2 Å². The van der Waals surface area contributed by atoms with Gasteiger partial charge in [-0.3, -0.25) is 4.90 Å². The van der Waals surface area contributed by atoms with Crippen molar-refractivity contribution in [1.82, 2.24) is 4.90 Å². The molecule has 4 rings (SSSR count). The molecule has 2 aromatic carbocycles. The van der Waals surface area contributed by atoms with Crippen LogP contribution in [-0.2, 0) is 4.79 Å². The third-order valence-corrected chi connectivity index (χ3v) is 5.61. The van der Waals surface area contributed by atoms with Gasteiger partial charge in [0.25, 0.3) is 0 Å². The fraction of sp³-hybridized carbons (Fsp3) is 0.435. The second-order valence-electron chi connectivity index (χ2n) is 7.45. The van der Waals surface area contributed by atoms with Gasteiger partial charge in [0.05, 0.1) is 13.2 Å². The highest BCUT2D eigenvalue weighted by molar-refractivity contribution is 5.53. The SMILES string of the molecule is CCCCOc1ccc(C2CC(c3ccc4c(c3)OCO4)CN2CC=O)cc1. The summed E-state index contributed by atoms with van der Waals surface area (Å²) in [6.45, 7) is 4.50. The molecule has 0 amide bonds. The maximum absolute atomic E-state index is 11.2. The number of ether oxygens (including phenoxy) is 3. The summed E-state index contributed by atoms with van der Waals surface area (Å²) in [5.74, 6) is 2.89. The molecule has 1 saturated heterocycles. The van der Waals surface area contributed by atoms with Gasteiger partial charge in [0.1, 0.15) is 12.0 Å². The standard InChI is InChI=1S/C23H27NO4/c1-2-3-12-26-20-7-4-17(5-8-20)21-13-19(15-24(21)10-11-25)18-6-9-22-23(14-18)28-16-27-22/h4-9,11,14,19,21H,2-3,10,12-13,15-16H2,1H3. The predicted molar refractivity (Wildman–Crippen MR) is 107 cm³/mol. The van der Waals surface area contributed by atoms with E-state index in [1.54, 1.807) is 0 Å². The van der Waals surface area contributed by atoms with Crippen molar-refractivity contribution in [3.63, 3.8) is 0 Å². The van der Waals surface area contributed by atoms with Gasteiger partial charge in [0, 0.05) is 12.6 Å². The minimum absolute atomic E-state index is 0.227. The molecular weight excluding hydrogens is 354 g/mol. The van der Waals surface area contributed by atoms with Crippen molar-refractivity contribution in [1.29, 1.82) is 0 Å². The molecule has 28 heavy (non-hydrogen) atoms. The molecule has 2 aromatic rings. The molecule has 0 N–H and O–H groups in total. The summed E-state index contributed by atoms with van der Waals surface area (Å²) in [7, 11) is 0. The lowest BCUT2D eigenvalue weighted by atomic mass is 9.93. The smallest absolute Gasteiger partial charge is 0.231 e. The molecule has 2 unspecified atom stereocenters. The van der Waals surface area contributed by atoms with Crippen molar-refractivity contribution in [3.05, 3.63) is 53.6 Å². The Morgan fingerprint density at radius 3 is 2.68 bits per heavy atom. The number of hydrogen-bond acceptors (Lipinski definition) is 5. The van der Waals surface area contributed by atoms with Crippen LogP contribution in [-0.4, -0.2) is 37.7 Å². The van der Waals surface area contributed by atoms with E-state index in [2.05, 4.69) is 36.1 Å². The number of carbonyl (C=O) groups is 1. The van der Waals surface area contributed by atoms with Crippen LogP contribution in [0.25, 0.3) is 0 Å². The van der Waals surface area contributed by atoms with Crippen molar-refractivity contribution in [3.8, 4) is 17.2 Å². The maximum Gasteiger partial charge on any atom is 0.231 e. The topological polar surface area (TPSA) is 48.0 Å². The number of nitrogens with zero attached hydrogens (tertiary/aromatic N) is 1. The summed E-state index contributed by atoms with van der Waals surface area (Å²) in [5, 5.41) is 0. The third kappa shape index (κ3) is 3.99. The summed E-state index contributed by atoms with van der Waals surface area (Å²) in [6.07, 6.45) is 4.16. The van der Waals surface area contributed by atoms with Gasteiger partial charge >= 0.3 is 0 Å². The van der Waals surface area contributed by atoms with Gasteiger partial charge in [-0.1, -0.05) is 31.5 Å². The minimum atomic E-state index is 0.227.